The van der Waals surface area contributed by atoms with Crippen molar-refractivity contribution in [3.05, 3.63) is 71.3 Å². The maximum absolute atomic E-state index is 5.51. The van der Waals surface area contributed by atoms with E-state index >= 15 is 0 Å². The molecule has 0 aromatic heterocycles. The fourth-order valence-electron chi connectivity index (χ4n) is 1.86. The second-order valence-corrected chi connectivity index (χ2v) is 4.38. The summed E-state index contributed by atoms with van der Waals surface area (Å²) in [6, 6.07) is 19.0. The number of aryl methyl sites for hydroxylation is 1. The molecule has 2 N–H and O–H groups in total. The van der Waals surface area contributed by atoms with Crippen molar-refractivity contribution in [3.8, 4) is 0 Å². The Bertz CT molecular complexity index is 483. The van der Waals surface area contributed by atoms with Gasteiger partial charge in [0.15, 0.2) is 0 Å². The number of rotatable bonds is 5. The minimum Gasteiger partial charge on any atom is -0.330 e. The number of benzene rings is 2. The fraction of sp³-hybridized carbons (Fsp3) is 0.176. The molecule has 18 heavy (non-hydrogen) atoms. The molecule has 0 aliphatic heterocycles. The fourth-order valence-corrected chi connectivity index (χ4v) is 1.86. The number of hydrogen-bond acceptors (Lipinski definition) is 1. The molecule has 2 aromatic rings. The van der Waals surface area contributed by atoms with Gasteiger partial charge in [0.1, 0.15) is 0 Å². The highest BCUT2D eigenvalue weighted by Crippen LogP contribution is 2.10. The first-order chi connectivity index (χ1) is 8.88. The Hall–Kier alpha value is -1.86. The summed E-state index contributed by atoms with van der Waals surface area (Å²) in [4.78, 5) is 0. The molecule has 0 amide bonds. The van der Waals surface area contributed by atoms with E-state index in [0.717, 1.165) is 19.4 Å². The minimum atomic E-state index is 0.760. The van der Waals surface area contributed by atoms with Gasteiger partial charge in [-0.05, 0) is 36.1 Å². The molecule has 2 aromatic carbocycles. The van der Waals surface area contributed by atoms with Crippen LogP contribution in [0.5, 0.6) is 0 Å². The Labute approximate surface area is 109 Å². The first-order valence-electron chi connectivity index (χ1n) is 6.40. The van der Waals surface area contributed by atoms with E-state index in [4.69, 9.17) is 5.73 Å². The molecule has 0 aliphatic carbocycles. The van der Waals surface area contributed by atoms with Crippen molar-refractivity contribution in [1.29, 1.82) is 0 Å². The molecule has 1 heteroatoms. The van der Waals surface area contributed by atoms with Gasteiger partial charge in [0.05, 0.1) is 0 Å². The third-order valence-corrected chi connectivity index (χ3v) is 2.92. The number of hydrogen-bond donors (Lipinski definition) is 1. The summed E-state index contributed by atoms with van der Waals surface area (Å²) in [6.45, 7) is 0.760. The zero-order chi connectivity index (χ0) is 12.6. The third-order valence-electron chi connectivity index (χ3n) is 2.92. The van der Waals surface area contributed by atoms with E-state index in [-0.39, 0.29) is 0 Å². The molecule has 92 valence electrons. The van der Waals surface area contributed by atoms with Gasteiger partial charge in [-0.25, -0.2) is 0 Å². The van der Waals surface area contributed by atoms with Gasteiger partial charge in [0, 0.05) is 0 Å². The van der Waals surface area contributed by atoms with E-state index in [1.54, 1.807) is 0 Å². The molecule has 0 atom stereocenters. The molecule has 0 bridgehead atoms. The molecule has 0 radical (unpaired) electrons. The first-order valence-corrected chi connectivity index (χ1v) is 6.40. The lowest BCUT2D eigenvalue weighted by atomic mass is 10.1. The van der Waals surface area contributed by atoms with Crippen LogP contribution in [0, 0.1) is 0 Å². The lowest BCUT2D eigenvalue weighted by molar-refractivity contribution is 0.832. The summed E-state index contributed by atoms with van der Waals surface area (Å²) in [6.07, 6.45) is 6.40. The Morgan fingerprint density at radius 2 is 1.39 bits per heavy atom. The maximum atomic E-state index is 5.51. The molecule has 2 rings (SSSR count). The zero-order valence-corrected chi connectivity index (χ0v) is 10.5. The standard InChI is InChI=1S/C17H19N/c18-14-4-7-16-9-12-17(13-10-16)11-8-15-5-2-1-3-6-15/h1-3,5-6,8-13H,4,7,14,18H2/b11-8+. The van der Waals surface area contributed by atoms with Gasteiger partial charge in [0.25, 0.3) is 0 Å². The summed E-state index contributed by atoms with van der Waals surface area (Å²) in [5, 5.41) is 0. The van der Waals surface area contributed by atoms with Crippen LogP contribution in [0.4, 0.5) is 0 Å². The van der Waals surface area contributed by atoms with Crippen LogP contribution in [0.25, 0.3) is 12.2 Å². The third kappa shape index (κ3) is 3.86. The van der Waals surface area contributed by atoms with E-state index in [9.17, 15) is 0 Å². The van der Waals surface area contributed by atoms with Crippen molar-refractivity contribution in [3.63, 3.8) is 0 Å². The second kappa shape index (κ2) is 6.77. The van der Waals surface area contributed by atoms with Crippen LogP contribution in [0.15, 0.2) is 54.6 Å². The molecule has 0 saturated heterocycles. The first kappa shape index (κ1) is 12.6. The quantitative estimate of drug-likeness (QED) is 0.787. The highest BCUT2D eigenvalue weighted by molar-refractivity contribution is 5.69. The Morgan fingerprint density at radius 1 is 0.778 bits per heavy atom. The van der Waals surface area contributed by atoms with Crippen LogP contribution in [-0.2, 0) is 6.42 Å². The summed E-state index contributed by atoms with van der Waals surface area (Å²) < 4.78 is 0. The summed E-state index contributed by atoms with van der Waals surface area (Å²) >= 11 is 0. The topological polar surface area (TPSA) is 26.0 Å². The van der Waals surface area contributed by atoms with Crippen molar-refractivity contribution >= 4 is 12.2 Å². The van der Waals surface area contributed by atoms with E-state index in [1.165, 1.54) is 16.7 Å². The molecular formula is C17H19N. The highest BCUT2D eigenvalue weighted by atomic mass is 14.5. The maximum Gasteiger partial charge on any atom is -0.00741 e. The molecule has 1 nitrogen and oxygen atoms in total. The van der Waals surface area contributed by atoms with Crippen LogP contribution in [0.2, 0.25) is 0 Å². The van der Waals surface area contributed by atoms with Crippen LogP contribution < -0.4 is 5.73 Å². The Balaban J connectivity index is 2.00. The second-order valence-electron chi connectivity index (χ2n) is 4.38. The van der Waals surface area contributed by atoms with E-state index in [0.29, 0.717) is 0 Å². The van der Waals surface area contributed by atoms with E-state index in [1.807, 2.05) is 6.07 Å². The zero-order valence-electron chi connectivity index (χ0n) is 10.5. The van der Waals surface area contributed by atoms with Crippen molar-refractivity contribution in [1.82, 2.24) is 0 Å². The van der Waals surface area contributed by atoms with Crippen LogP contribution in [0.1, 0.15) is 23.1 Å². The number of nitrogens with two attached hydrogens (primary N) is 1. The molecular weight excluding hydrogens is 218 g/mol. The Kier molecular flexibility index (Phi) is 4.74. The van der Waals surface area contributed by atoms with Crippen molar-refractivity contribution in [2.45, 2.75) is 12.8 Å². The van der Waals surface area contributed by atoms with Gasteiger partial charge in [-0.2, -0.15) is 0 Å². The molecule has 0 fully saturated rings. The largest absolute Gasteiger partial charge is 0.330 e. The van der Waals surface area contributed by atoms with Gasteiger partial charge in [0.2, 0.25) is 0 Å². The highest BCUT2D eigenvalue weighted by Gasteiger charge is 1.92. The minimum absolute atomic E-state index is 0.760. The lowest BCUT2D eigenvalue weighted by Gasteiger charge is -2.00. The predicted molar refractivity (Wildman–Crippen MR) is 79.2 cm³/mol. The lowest BCUT2D eigenvalue weighted by Crippen LogP contribution is -2.00. The molecule has 0 spiro atoms. The van der Waals surface area contributed by atoms with Gasteiger partial charge in [-0.15, -0.1) is 0 Å². The molecule has 0 heterocycles. The van der Waals surface area contributed by atoms with Gasteiger partial charge in [-0.1, -0.05) is 66.7 Å². The predicted octanol–water partition coefficient (Wildman–Crippen LogP) is 3.75. The van der Waals surface area contributed by atoms with Crippen molar-refractivity contribution in [2.75, 3.05) is 6.54 Å². The smallest absolute Gasteiger partial charge is 0.00741 e. The SMILES string of the molecule is NCCCc1ccc(/C=C/c2ccccc2)cc1. The Morgan fingerprint density at radius 3 is 2.00 bits per heavy atom. The summed E-state index contributed by atoms with van der Waals surface area (Å²) in [5.74, 6) is 0. The van der Waals surface area contributed by atoms with E-state index in [2.05, 4.69) is 60.7 Å². The van der Waals surface area contributed by atoms with Crippen molar-refractivity contribution in [2.24, 2.45) is 5.73 Å². The molecule has 0 unspecified atom stereocenters. The average Bonchev–Trinajstić information content (AvgIpc) is 2.45. The average molecular weight is 237 g/mol. The normalized spacial score (nSPS) is 10.9. The summed E-state index contributed by atoms with van der Waals surface area (Å²) in [5.41, 5.74) is 9.32. The van der Waals surface area contributed by atoms with Gasteiger partial charge < -0.3 is 5.73 Å². The van der Waals surface area contributed by atoms with Gasteiger partial charge in [-0.3, -0.25) is 0 Å². The van der Waals surface area contributed by atoms with Crippen LogP contribution in [-0.4, -0.2) is 6.54 Å². The molecule has 0 aliphatic rings. The van der Waals surface area contributed by atoms with Crippen molar-refractivity contribution < 1.29 is 0 Å². The monoisotopic (exact) mass is 237 g/mol. The van der Waals surface area contributed by atoms with Crippen LogP contribution in [0.3, 0.4) is 0 Å². The molecule has 0 saturated carbocycles. The van der Waals surface area contributed by atoms with Gasteiger partial charge >= 0.3 is 0 Å². The summed E-state index contributed by atoms with van der Waals surface area (Å²) in [7, 11) is 0. The van der Waals surface area contributed by atoms with E-state index < -0.39 is 0 Å². The van der Waals surface area contributed by atoms with Crippen LogP contribution >= 0.6 is 0 Å².